The third kappa shape index (κ3) is 4.48. The van der Waals surface area contributed by atoms with E-state index in [9.17, 15) is 9.59 Å². The van der Waals surface area contributed by atoms with Crippen LogP contribution in [0.1, 0.15) is 31.9 Å². The van der Waals surface area contributed by atoms with Crippen LogP contribution in [-0.4, -0.2) is 36.1 Å². The van der Waals surface area contributed by atoms with Gasteiger partial charge in [0.2, 0.25) is 5.91 Å². The quantitative estimate of drug-likeness (QED) is 0.742. The Morgan fingerprint density at radius 3 is 2.95 bits per heavy atom. The van der Waals surface area contributed by atoms with Crippen LogP contribution >= 0.6 is 11.3 Å². The molecule has 0 saturated heterocycles. The molecular formula is C13H19N3O3S. The van der Waals surface area contributed by atoms with Crippen molar-refractivity contribution < 1.29 is 14.3 Å². The van der Waals surface area contributed by atoms with E-state index in [0.717, 1.165) is 18.5 Å². The van der Waals surface area contributed by atoms with Gasteiger partial charge in [0.05, 0.1) is 19.2 Å². The average molecular weight is 297 g/mol. The standard InChI is InChI=1S/C13H19N3O3S/c1-8(12(18)15-9-3-4-9)14-13-16-10(7-20-13)5-6-11(17)19-2/h7-9H,3-6H2,1-2H3,(H,14,16)(H,15,18). The van der Waals surface area contributed by atoms with Gasteiger partial charge in [-0.15, -0.1) is 11.3 Å². The highest BCUT2D eigenvalue weighted by molar-refractivity contribution is 7.13. The lowest BCUT2D eigenvalue weighted by atomic mass is 10.2. The number of nitrogens with one attached hydrogen (secondary N) is 2. The van der Waals surface area contributed by atoms with Gasteiger partial charge in [-0.3, -0.25) is 9.59 Å². The summed E-state index contributed by atoms with van der Waals surface area (Å²) in [4.78, 5) is 27.2. The fraction of sp³-hybridized carbons (Fsp3) is 0.615. The van der Waals surface area contributed by atoms with Gasteiger partial charge < -0.3 is 15.4 Å². The van der Waals surface area contributed by atoms with E-state index in [2.05, 4.69) is 20.4 Å². The van der Waals surface area contributed by atoms with Crippen LogP contribution in [0.2, 0.25) is 0 Å². The second-order valence-corrected chi connectivity index (χ2v) is 5.73. The zero-order valence-corrected chi connectivity index (χ0v) is 12.5. The molecule has 0 aliphatic heterocycles. The lowest BCUT2D eigenvalue weighted by molar-refractivity contribution is -0.140. The van der Waals surface area contributed by atoms with Gasteiger partial charge in [-0.1, -0.05) is 0 Å². The van der Waals surface area contributed by atoms with Gasteiger partial charge in [0.1, 0.15) is 6.04 Å². The first kappa shape index (κ1) is 14.8. The Hall–Kier alpha value is -1.63. The molecule has 7 heteroatoms. The van der Waals surface area contributed by atoms with Crippen LogP contribution in [0, 0.1) is 0 Å². The third-order valence-corrected chi connectivity index (χ3v) is 3.84. The van der Waals surface area contributed by atoms with Gasteiger partial charge in [-0.05, 0) is 19.8 Å². The molecule has 1 atom stereocenters. The van der Waals surface area contributed by atoms with Crippen LogP contribution in [0.15, 0.2) is 5.38 Å². The van der Waals surface area contributed by atoms with Crippen LogP contribution < -0.4 is 10.6 Å². The minimum atomic E-state index is -0.310. The molecule has 1 aliphatic carbocycles. The van der Waals surface area contributed by atoms with E-state index in [1.165, 1.54) is 18.4 Å². The number of ether oxygens (including phenoxy) is 1. The Kier molecular flexibility index (Phi) is 4.94. The lowest BCUT2D eigenvalue weighted by Crippen LogP contribution is -2.38. The zero-order chi connectivity index (χ0) is 14.5. The molecule has 110 valence electrons. The number of methoxy groups -OCH3 is 1. The summed E-state index contributed by atoms with van der Waals surface area (Å²) in [7, 11) is 1.37. The number of esters is 1. The summed E-state index contributed by atoms with van der Waals surface area (Å²) in [6.45, 7) is 1.81. The molecule has 1 saturated carbocycles. The number of carbonyl (C=O) groups excluding carboxylic acids is 2. The molecule has 1 fully saturated rings. The monoisotopic (exact) mass is 297 g/mol. The molecule has 1 aliphatic rings. The summed E-state index contributed by atoms with van der Waals surface area (Å²) in [5.74, 6) is -0.247. The number of aromatic nitrogens is 1. The van der Waals surface area contributed by atoms with Crippen molar-refractivity contribution in [2.45, 2.75) is 44.7 Å². The highest BCUT2D eigenvalue weighted by Crippen LogP contribution is 2.20. The van der Waals surface area contributed by atoms with Crippen molar-refractivity contribution >= 4 is 28.3 Å². The van der Waals surface area contributed by atoms with E-state index in [4.69, 9.17) is 0 Å². The van der Waals surface area contributed by atoms with E-state index in [1.807, 2.05) is 12.3 Å². The first-order valence-corrected chi connectivity index (χ1v) is 7.54. The highest BCUT2D eigenvalue weighted by atomic mass is 32.1. The maximum Gasteiger partial charge on any atom is 0.305 e. The number of rotatable bonds is 7. The maximum atomic E-state index is 11.8. The van der Waals surface area contributed by atoms with Crippen LogP contribution in [0.25, 0.3) is 0 Å². The van der Waals surface area contributed by atoms with Gasteiger partial charge in [0.25, 0.3) is 0 Å². The molecule has 0 aromatic carbocycles. The Labute approximate surface area is 121 Å². The van der Waals surface area contributed by atoms with Gasteiger partial charge in [-0.2, -0.15) is 0 Å². The summed E-state index contributed by atoms with van der Waals surface area (Å²) in [6.07, 6.45) is 3.02. The van der Waals surface area contributed by atoms with Gasteiger partial charge >= 0.3 is 5.97 Å². The second-order valence-electron chi connectivity index (χ2n) is 4.87. The molecule has 20 heavy (non-hydrogen) atoms. The van der Waals surface area contributed by atoms with E-state index in [1.54, 1.807) is 0 Å². The SMILES string of the molecule is COC(=O)CCc1csc(NC(C)C(=O)NC2CC2)n1. The van der Waals surface area contributed by atoms with Gasteiger partial charge in [0.15, 0.2) is 5.13 Å². The predicted molar refractivity (Wildman–Crippen MR) is 76.7 cm³/mol. The Bertz CT molecular complexity index is 485. The molecule has 1 unspecified atom stereocenters. The zero-order valence-electron chi connectivity index (χ0n) is 11.6. The number of carbonyl (C=O) groups is 2. The number of amides is 1. The van der Waals surface area contributed by atoms with Crippen molar-refractivity contribution in [3.8, 4) is 0 Å². The average Bonchev–Trinajstić information content (AvgIpc) is 3.13. The fourth-order valence-electron chi connectivity index (χ4n) is 1.62. The predicted octanol–water partition coefficient (Wildman–Crippen LogP) is 1.33. The third-order valence-electron chi connectivity index (χ3n) is 3.02. The van der Waals surface area contributed by atoms with Crippen molar-refractivity contribution in [3.05, 3.63) is 11.1 Å². The molecule has 1 aromatic heterocycles. The molecular weight excluding hydrogens is 278 g/mol. The normalized spacial score (nSPS) is 15.5. The van der Waals surface area contributed by atoms with Gasteiger partial charge in [-0.25, -0.2) is 4.98 Å². The van der Waals surface area contributed by atoms with E-state index in [-0.39, 0.29) is 17.9 Å². The number of hydrogen-bond donors (Lipinski definition) is 2. The molecule has 6 nitrogen and oxygen atoms in total. The van der Waals surface area contributed by atoms with E-state index < -0.39 is 0 Å². The number of nitrogens with zero attached hydrogens (tertiary/aromatic N) is 1. The van der Waals surface area contributed by atoms with Crippen LogP contribution in [-0.2, 0) is 20.7 Å². The summed E-state index contributed by atoms with van der Waals surface area (Å²) < 4.78 is 4.59. The molecule has 1 aromatic rings. The van der Waals surface area contributed by atoms with E-state index in [0.29, 0.717) is 24.0 Å². The Morgan fingerprint density at radius 1 is 1.55 bits per heavy atom. The van der Waals surface area contributed by atoms with Crippen molar-refractivity contribution in [3.63, 3.8) is 0 Å². The van der Waals surface area contributed by atoms with Crippen LogP contribution in [0.3, 0.4) is 0 Å². The first-order chi connectivity index (χ1) is 9.58. The number of anilines is 1. The molecule has 2 rings (SSSR count). The molecule has 0 radical (unpaired) electrons. The summed E-state index contributed by atoms with van der Waals surface area (Å²) in [6, 6.07) is 0.0499. The summed E-state index contributed by atoms with van der Waals surface area (Å²) >= 11 is 1.43. The minimum absolute atomic E-state index is 0.00110. The fourth-order valence-corrected chi connectivity index (χ4v) is 2.46. The number of aryl methyl sites for hydroxylation is 1. The van der Waals surface area contributed by atoms with Gasteiger partial charge in [0, 0.05) is 17.8 Å². The molecule has 0 bridgehead atoms. The maximum absolute atomic E-state index is 11.8. The van der Waals surface area contributed by atoms with E-state index >= 15 is 0 Å². The van der Waals surface area contributed by atoms with Crippen molar-refractivity contribution in [2.24, 2.45) is 0 Å². The lowest BCUT2D eigenvalue weighted by Gasteiger charge is -2.12. The molecule has 1 amide bonds. The Balaban J connectivity index is 1.79. The molecule has 2 N–H and O–H groups in total. The Morgan fingerprint density at radius 2 is 2.30 bits per heavy atom. The number of thiazole rings is 1. The highest BCUT2D eigenvalue weighted by Gasteiger charge is 2.25. The second kappa shape index (κ2) is 6.69. The largest absolute Gasteiger partial charge is 0.469 e. The molecule has 0 spiro atoms. The van der Waals surface area contributed by atoms with Crippen LogP contribution in [0.5, 0.6) is 0 Å². The molecule has 1 heterocycles. The topological polar surface area (TPSA) is 80.3 Å². The first-order valence-electron chi connectivity index (χ1n) is 6.66. The minimum Gasteiger partial charge on any atom is -0.469 e. The summed E-state index contributed by atoms with van der Waals surface area (Å²) in [5.41, 5.74) is 0.831. The van der Waals surface area contributed by atoms with Crippen molar-refractivity contribution in [1.82, 2.24) is 10.3 Å². The number of hydrogen-bond acceptors (Lipinski definition) is 6. The van der Waals surface area contributed by atoms with Crippen molar-refractivity contribution in [1.29, 1.82) is 0 Å². The van der Waals surface area contributed by atoms with Crippen LogP contribution in [0.4, 0.5) is 5.13 Å². The summed E-state index contributed by atoms with van der Waals surface area (Å²) in [5, 5.41) is 8.60. The smallest absolute Gasteiger partial charge is 0.305 e. The van der Waals surface area contributed by atoms with Crippen molar-refractivity contribution in [2.75, 3.05) is 12.4 Å².